The van der Waals surface area contributed by atoms with Crippen molar-refractivity contribution in [3.8, 4) is 0 Å². The number of anilines is 1. The van der Waals surface area contributed by atoms with E-state index in [1.54, 1.807) is 18.3 Å². The number of carbonyl (C=O) groups excluding carboxylic acids is 1. The summed E-state index contributed by atoms with van der Waals surface area (Å²) in [4.78, 5) is 16.4. The molecule has 0 aliphatic carbocycles. The molecule has 0 atom stereocenters. The van der Waals surface area contributed by atoms with Gasteiger partial charge in [-0.05, 0) is 36.8 Å². The molecule has 0 bridgehead atoms. The van der Waals surface area contributed by atoms with Crippen molar-refractivity contribution < 1.29 is 4.79 Å². The fourth-order valence-corrected chi connectivity index (χ4v) is 2.21. The van der Waals surface area contributed by atoms with Crippen LogP contribution in [0.5, 0.6) is 0 Å². The molecule has 1 aromatic carbocycles. The molecule has 126 valence electrons. The Morgan fingerprint density at radius 1 is 0.960 bits per heavy atom. The highest BCUT2D eigenvalue weighted by molar-refractivity contribution is 5.92. The van der Waals surface area contributed by atoms with Gasteiger partial charge >= 0.3 is 0 Å². The van der Waals surface area contributed by atoms with Gasteiger partial charge in [-0.25, -0.2) is 0 Å². The Bertz CT molecular complexity index is 817. The molecule has 0 saturated carbocycles. The first kappa shape index (κ1) is 16.6. The Labute approximate surface area is 146 Å². The van der Waals surface area contributed by atoms with Crippen LogP contribution in [0.15, 0.2) is 60.8 Å². The molecule has 2 aromatic heterocycles. The highest BCUT2D eigenvalue weighted by atomic mass is 16.1. The summed E-state index contributed by atoms with van der Waals surface area (Å²) < 4.78 is 0. The summed E-state index contributed by atoms with van der Waals surface area (Å²) >= 11 is 0. The molecule has 2 heterocycles. The predicted octanol–water partition coefficient (Wildman–Crippen LogP) is 2.72. The van der Waals surface area contributed by atoms with E-state index in [2.05, 4.69) is 25.8 Å². The first-order valence-corrected chi connectivity index (χ1v) is 8.02. The van der Waals surface area contributed by atoms with Crippen LogP contribution in [-0.4, -0.2) is 21.1 Å². The number of hydrogen-bond acceptors (Lipinski definition) is 5. The van der Waals surface area contributed by atoms with Crippen LogP contribution in [0.2, 0.25) is 0 Å². The van der Waals surface area contributed by atoms with Crippen molar-refractivity contribution in [2.45, 2.75) is 20.0 Å². The summed E-state index contributed by atoms with van der Waals surface area (Å²) in [6.45, 7) is 3.04. The number of pyridine rings is 1. The zero-order valence-electron chi connectivity index (χ0n) is 13.9. The van der Waals surface area contributed by atoms with Gasteiger partial charge in [0.1, 0.15) is 5.82 Å². The molecule has 1 amide bonds. The second-order valence-corrected chi connectivity index (χ2v) is 5.65. The van der Waals surface area contributed by atoms with Crippen LogP contribution in [-0.2, 0) is 13.1 Å². The maximum atomic E-state index is 12.1. The SMILES string of the molecule is Cc1ccc(CNC(=O)c2ccc(NCc3ccccn3)nn2)cc1. The van der Waals surface area contributed by atoms with Gasteiger partial charge in [0.2, 0.25) is 0 Å². The lowest BCUT2D eigenvalue weighted by molar-refractivity contribution is 0.0945. The van der Waals surface area contributed by atoms with Crippen LogP contribution in [0.4, 0.5) is 5.82 Å². The highest BCUT2D eigenvalue weighted by Gasteiger charge is 2.08. The zero-order valence-corrected chi connectivity index (χ0v) is 13.9. The van der Waals surface area contributed by atoms with Crippen LogP contribution in [0.3, 0.4) is 0 Å². The lowest BCUT2D eigenvalue weighted by Crippen LogP contribution is -2.24. The smallest absolute Gasteiger partial charge is 0.272 e. The summed E-state index contributed by atoms with van der Waals surface area (Å²) in [5.74, 6) is 0.352. The summed E-state index contributed by atoms with van der Waals surface area (Å²) in [6, 6.07) is 17.1. The molecular formula is C19H19N5O. The molecular weight excluding hydrogens is 314 g/mol. The minimum Gasteiger partial charge on any atom is -0.363 e. The monoisotopic (exact) mass is 333 g/mol. The minimum atomic E-state index is -0.246. The van der Waals surface area contributed by atoms with Crippen molar-refractivity contribution in [2.75, 3.05) is 5.32 Å². The number of carbonyl (C=O) groups is 1. The Morgan fingerprint density at radius 2 is 1.80 bits per heavy atom. The van der Waals surface area contributed by atoms with E-state index in [1.165, 1.54) is 5.56 Å². The second kappa shape index (κ2) is 8.01. The Balaban J connectivity index is 1.52. The van der Waals surface area contributed by atoms with Gasteiger partial charge < -0.3 is 10.6 Å². The summed E-state index contributed by atoms with van der Waals surface area (Å²) in [6.07, 6.45) is 1.74. The van der Waals surface area contributed by atoms with Gasteiger partial charge in [0.15, 0.2) is 5.69 Å². The topological polar surface area (TPSA) is 79.8 Å². The van der Waals surface area contributed by atoms with E-state index in [9.17, 15) is 4.79 Å². The zero-order chi connectivity index (χ0) is 17.5. The van der Waals surface area contributed by atoms with Gasteiger partial charge in [-0.2, -0.15) is 0 Å². The molecule has 0 unspecified atom stereocenters. The number of rotatable bonds is 6. The fraction of sp³-hybridized carbons (Fsp3) is 0.158. The van der Waals surface area contributed by atoms with Crippen LogP contribution in [0.25, 0.3) is 0 Å². The fourth-order valence-electron chi connectivity index (χ4n) is 2.21. The average molecular weight is 333 g/mol. The number of aryl methyl sites for hydroxylation is 1. The third kappa shape index (κ3) is 4.84. The number of amides is 1. The van der Waals surface area contributed by atoms with Crippen molar-refractivity contribution in [1.29, 1.82) is 0 Å². The van der Waals surface area contributed by atoms with Gasteiger partial charge in [-0.15, -0.1) is 10.2 Å². The van der Waals surface area contributed by atoms with Gasteiger partial charge in [0, 0.05) is 12.7 Å². The number of benzene rings is 1. The highest BCUT2D eigenvalue weighted by Crippen LogP contribution is 2.06. The first-order valence-electron chi connectivity index (χ1n) is 8.02. The van der Waals surface area contributed by atoms with Crippen molar-refractivity contribution >= 4 is 11.7 Å². The van der Waals surface area contributed by atoms with E-state index in [0.29, 0.717) is 18.9 Å². The Hall–Kier alpha value is -3.28. The van der Waals surface area contributed by atoms with Crippen molar-refractivity contribution in [3.63, 3.8) is 0 Å². The van der Waals surface area contributed by atoms with E-state index >= 15 is 0 Å². The van der Waals surface area contributed by atoms with E-state index in [0.717, 1.165) is 11.3 Å². The quantitative estimate of drug-likeness (QED) is 0.725. The first-order chi connectivity index (χ1) is 12.2. The van der Waals surface area contributed by atoms with Crippen molar-refractivity contribution in [2.24, 2.45) is 0 Å². The lowest BCUT2D eigenvalue weighted by Gasteiger charge is -2.07. The molecule has 0 fully saturated rings. The number of aromatic nitrogens is 3. The molecule has 2 N–H and O–H groups in total. The molecule has 0 radical (unpaired) electrons. The van der Waals surface area contributed by atoms with E-state index < -0.39 is 0 Å². The number of nitrogens with one attached hydrogen (secondary N) is 2. The summed E-state index contributed by atoms with van der Waals surface area (Å²) in [5.41, 5.74) is 3.43. The third-order valence-electron chi connectivity index (χ3n) is 3.65. The van der Waals surface area contributed by atoms with Crippen LogP contribution >= 0.6 is 0 Å². The normalized spacial score (nSPS) is 10.3. The van der Waals surface area contributed by atoms with Crippen molar-refractivity contribution in [1.82, 2.24) is 20.5 Å². The van der Waals surface area contributed by atoms with Gasteiger partial charge in [0.05, 0.1) is 12.2 Å². The minimum absolute atomic E-state index is 0.246. The summed E-state index contributed by atoms with van der Waals surface area (Å²) in [5, 5.41) is 14.0. The largest absolute Gasteiger partial charge is 0.363 e. The van der Waals surface area contributed by atoms with E-state index in [1.807, 2.05) is 49.4 Å². The van der Waals surface area contributed by atoms with Gasteiger partial charge in [-0.3, -0.25) is 9.78 Å². The molecule has 0 saturated heterocycles. The van der Waals surface area contributed by atoms with Gasteiger partial charge in [-0.1, -0.05) is 35.9 Å². The molecule has 25 heavy (non-hydrogen) atoms. The second-order valence-electron chi connectivity index (χ2n) is 5.65. The molecule has 6 nitrogen and oxygen atoms in total. The van der Waals surface area contributed by atoms with E-state index in [4.69, 9.17) is 0 Å². The molecule has 6 heteroatoms. The Morgan fingerprint density at radius 3 is 2.48 bits per heavy atom. The maximum Gasteiger partial charge on any atom is 0.272 e. The standard InChI is InChI=1S/C19H19N5O/c1-14-5-7-15(8-6-14)12-22-19(25)17-9-10-18(24-23-17)21-13-16-4-2-3-11-20-16/h2-11H,12-13H2,1H3,(H,21,24)(H,22,25). The predicted molar refractivity (Wildman–Crippen MR) is 95.9 cm³/mol. The number of hydrogen-bond donors (Lipinski definition) is 2. The van der Waals surface area contributed by atoms with Crippen LogP contribution in [0.1, 0.15) is 27.3 Å². The Kier molecular flexibility index (Phi) is 5.31. The molecule has 3 aromatic rings. The molecule has 0 spiro atoms. The number of nitrogens with zero attached hydrogens (tertiary/aromatic N) is 3. The maximum absolute atomic E-state index is 12.1. The van der Waals surface area contributed by atoms with Crippen LogP contribution < -0.4 is 10.6 Å². The van der Waals surface area contributed by atoms with Gasteiger partial charge in [0.25, 0.3) is 5.91 Å². The van der Waals surface area contributed by atoms with E-state index in [-0.39, 0.29) is 11.6 Å². The summed E-state index contributed by atoms with van der Waals surface area (Å²) in [7, 11) is 0. The lowest BCUT2D eigenvalue weighted by atomic mass is 10.1. The molecule has 0 aliphatic heterocycles. The molecule has 3 rings (SSSR count). The average Bonchev–Trinajstić information content (AvgIpc) is 2.67. The third-order valence-corrected chi connectivity index (χ3v) is 3.65. The van der Waals surface area contributed by atoms with Crippen molar-refractivity contribution in [3.05, 3.63) is 83.3 Å². The molecule has 0 aliphatic rings. The van der Waals surface area contributed by atoms with Crippen LogP contribution in [0, 0.1) is 6.92 Å².